The van der Waals surface area contributed by atoms with Crippen LogP contribution in [0.2, 0.25) is 10.0 Å². The van der Waals surface area contributed by atoms with Crippen LogP contribution in [-0.4, -0.2) is 37.5 Å². The number of methoxy groups -OCH3 is 1. The molecule has 0 fully saturated rings. The number of benzene rings is 1. The van der Waals surface area contributed by atoms with Crippen molar-refractivity contribution in [3.63, 3.8) is 0 Å². The number of nitrogens with zero attached hydrogens (tertiary/aromatic N) is 1. The Hall–Kier alpha value is -0.530. The molecule has 0 heterocycles. The summed E-state index contributed by atoms with van der Waals surface area (Å²) in [6.45, 7) is 0.453. The third-order valence-corrected chi connectivity index (χ3v) is 4.67. The third kappa shape index (κ3) is 4.79. The first-order valence-electron chi connectivity index (χ1n) is 5.83. The van der Waals surface area contributed by atoms with E-state index in [0.717, 1.165) is 0 Å². The normalized spacial score (nSPS) is 10.2. The van der Waals surface area contributed by atoms with Crippen molar-refractivity contribution in [1.82, 2.24) is 4.90 Å². The molecule has 0 aliphatic rings. The number of rotatable bonds is 5. The van der Waals surface area contributed by atoms with E-state index in [1.165, 1.54) is 12.0 Å². The lowest BCUT2D eigenvalue weighted by molar-refractivity contribution is -0.140. The fourth-order valence-corrected chi connectivity index (χ4v) is 2.62. The Bertz CT molecular complexity index is 523. The molecule has 1 aromatic rings. The fourth-order valence-electron chi connectivity index (χ4n) is 1.58. The van der Waals surface area contributed by atoms with Crippen LogP contribution >= 0.6 is 45.8 Å². The van der Waals surface area contributed by atoms with E-state index in [9.17, 15) is 9.59 Å². The fraction of sp³-hybridized carbons (Fsp3) is 0.385. The van der Waals surface area contributed by atoms with E-state index in [2.05, 4.69) is 4.74 Å². The maximum atomic E-state index is 12.3. The summed E-state index contributed by atoms with van der Waals surface area (Å²) in [5.41, 5.74) is 0.462. The molecule has 0 radical (unpaired) electrons. The molecule has 0 aliphatic heterocycles. The predicted octanol–water partition coefficient (Wildman–Crippen LogP) is 3.62. The van der Waals surface area contributed by atoms with Crippen molar-refractivity contribution in [3.8, 4) is 0 Å². The lowest BCUT2D eigenvalue weighted by Gasteiger charge is -2.18. The first-order chi connectivity index (χ1) is 9.36. The van der Waals surface area contributed by atoms with Crippen molar-refractivity contribution in [2.45, 2.75) is 12.8 Å². The number of halogens is 3. The molecule has 0 saturated heterocycles. The van der Waals surface area contributed by atoms with E-state index in [1.54, 1.807) is 19.2 Å². The van der Waals surface area contributed by atoms with Crippen molar-refractivity contribution >= 4 is 57.7 Å². The Morgan fingerprint density at radius 1 is 1.35 bits per heavy atom. The predicted molar refractivity (Wildman–Crippen MR) is 87.4 cm³/mol. The number of hydrogen-bond donors (Lipinski definition) is 0. The van der Waals surface area contributed by atoms with E-state index in [-0.39, 0.29) is 18.3 Å². The molecule has 0 N–H and O–H groups in total. The topological polar surface area (TPSA) is 46.6 Å². The maximum absolute atomic E-state index is 12.3. The van der Waals surface area contributed by atoms with Gasteiger partial charge in [-0.2, -0.15) is 0 Å². The first kappa shape index (κ1) is 17.5. The van der Waals surface area contributed by atoms with E-state index in [1.807, 2.05) is 22.6 Å². The second-order valence-corrected chi connectivity index (χ2v) is 6.08. The van der Waals surface area contributed by atoms with Gasteiger partial charge in [-0.3, -0.25) is 9.59 Å². The third-order valence-electron chi connectivity index (χ3n) is 2.67. The summed E-state index contributed by atoms with van der Waals surface area (Å²) in [4.78, 5) is 24.9. The van der Waals surface area contributed by atoms with Gasteiger partial charge in [0.25, 0.3) is 5.91 Å². The van der Waals surface area contributed by atoms with Gasteiger partial charge in [0.05, 0.1) is 17.7 Å². The molecule has 0 spiro atoms. The van der Waals surface area contributed by atoms with Crippen molar-refractivity contribution < 1.29 is 14.3 Å². The smallest absolute Gasteiger partial charge is 0.305 e. The van der Waals surface area contributed by atoms with Gasteiger partial charge >= 0.3 is 5.97 Å². The van der Waals surface area contributed by atoms with Crippen LogP contribution in [0.25, 0.3) is 0 Å². The molecule has 4 nitrogen and oxygen atoms in total. The van der Waals surface area contributed by atoms with Crippen molar-refractivity contribution in [1.29, 1.82) is 0 Å². The highest BCUT2D eigenvalue weighted by Crippen LogP contribution is 2.27. The summed E-state index contributed by atoms with van der Waals surface area (Å²) in [6.07, 6.45) is 0.821. The molecule has 0 unspecified atom stereocenters. The Balaban J connectivity index is 2.72. The molecular weight excluding hydrogens is 416 g/mol. The molecule has 0 saturated carbocycles. The number of carbonyl (C=O) groups excluding carboxylic acids is 2. The molecule has 110 valence electrons. The zero-order valence-corrected chi connectivity index (χ0v) is 14.8. The number of hydrogen-bond acceptors (Lipinski definition) is 3. The van der Waals surface area contributed by atoms with Crippen molar-refractivity contribution in [2.24, 2.45) is 0 Å². The second-order valence-electron chi connectivity index (χ2n) is 4.16. The molecule has 1 amide bonds. The van der Waals surface area contributed by atoms with Gasteiger partial charge in [-0.15, -0.1) is 0 Å². The van der Waals surface area contributed by atoms with Gasteiger partial charge in [0.2, 0.25) is 0 Å². The molecule has 0 bridgehead atoms. The van der Waals surface area contributed by atoms with Crippen LogP contribution in [0.1, 0.15) is 23.2 Å². The lowest BCUT2D eigenvalue weighted by Crippen LogP contribution is -2.28. The van der Waals surface area contributed by atoms with E-state index < -0.39 is 0 Å². The van der Waals surface area contributed by atoms with E-state index in [0.29, 0.717) is 32.1 Å². The number of carbonyl (C=O) groups is 2. The number of esters is 1. The molecule has 0 aromatic heterocycles. The van der Waals surface area contributed by atoms with Crippen molar-refractivity contribution in [3.05, 3.63) is 31.3 Å². The highest BCUT2D eigenvalue weighted by atomic mass is 127. The minimum Gasteiger partial charge on any atom is -0.469 e. The van der Waals surface area contributed by atoms with Crippen LogP contribution in [0, 0.1) is 3.57 Å². The summed E-state index contributed by atoms with van der Waals surface area (Å²) in [7, 11) is 3.01. The molecule has 1 rings (SSSR count). The van der Waals surface area contributed by atoms with Crippen LogP contribution in [0.4, 0.5) is 0 Å². The Morgan fingerprint density at radius 2 is 2.00 bits per heavy atom. The SMILES string of the molecule is COC(=O)CCCN(C)C(=O)c1cc(Cl)cc(Cl)c1I. The molecular formula is C13H14Cl2INO3. The number of amides is 1. The summed E-state index contributed by atoms with van der Waals surface area (Å²) in [5.74, 6) is -0.463. The van der Waals surface area contributed by atoms with Crippen LogP contribution in [0.15, 0.2) is 12.1 Å². The van der Waals surface area contributed by atoms with Gasteiger partial charge in [-0.25, -0.2) is 0 Å². The minimum absolute atomic E-state index is 0.177. The molecule has 0 aliphatic carbocycles. The zero-order valence-electron chi connectivity index (χ0n) is 11.1. The zero-order chi connectivity index (χ0) is 15.3. The lowest BCUT2D eigenvalue weighted by atomic mass is 10.2. The van der Waals surface area contributed by atoms with E-state index in [4.69, 9.17) is 23.2 Å². The van der Waals surface area contributed by atoms with Gasteiger partial charge in [-0.05, 0) is 41.1 Å². The Morgan fingerprint density at radius 3 is 2.60 bits per heavy atom. The molecule has 1 aromatic carbocycles. The Kier molecular flexibility index (Phi) is 7.05. The van der Waals surface area contributed by atoms with Crippen molar-refractivity contribution in [2.75, 3.05) is 20.7 Å². The molecule has 20 heavy (non-hydrogen) atoms. The first-order valence-corrected chi connectivity index (χ1v) is 7.67. The largest absolute Gasteiger partial charge is 0.469 e. The molecule has 0 atom stereocenters. The standard InChI is InChI=1S/C13H14Cl2INO3/c1-17(5-3-4-11(18)20-2)13(19)9-6-8(14)7-10(15)12(9)16/h6-7H,3-5H2,1-2H3. The monoisotopic (exact) mass is 429 g/mol. The highest BCUT2D eigenvalue weighted by molar-refractivity contribution is 14.1. The average molecular weight is 430 g/mol. The number of ether oxygens (including phenoxy) is 1. The Labute approximate surface area is 141 Å². The van der Waals surface area contributed by atoms with Crippen LogP contribution < -0.4 is 0 Å². The van der Waals surface area contributed by atoms with E-state index >= 15 is 0 Å². The summed E-state index contributed by atoms with van der Waals surface area (Å²) in [5, 5.41) is 0.867. The van der Waals surface area contributed by atoms with Gasteiger partial charge in [0.15, 0.2) is 0 Å². The summed E-state index contributed by atoms with van der Waals surface area (Å²) in [6, 6.07) is 3.19. The highest BCUT2D eigenvalue weighted by Gasteiger charge is 2.17. The quantitative estimate of drug-likeness (QED) is 0.408. The van der Waals surface area contributed by atoms with Gasteiger partial charge in [-0.1, -0.05) is 23.2 Å². The van der Waals surface area contributed by atoms with Crippen LogP contribution in [0.3, 0.4) is 0 Å². The van der Waals surface area contributed by atoms with Crippen LogP contribution in [0.5, 0.6) is 0 Å². The average Bonchev–Trinajstić information content (AvgIpc) is 2.41. The van der Waals surface area contributed by atoms with Crippen LogP contribution in [-0.2, 0) is 9.53 Å². The molecule has 7 heteroatoms. The summed E-state index contributed by atoms with van der Waals surface area (Å²) < 4.78 is 5.21. The van der Waals surface area contributed by atoms with Gasteiger partial charge in [0, 0.05) is 28.6 Å². The minimum atomic E-state index is -0.286. The maximum Gasteiger partial charge on any atom is 0.305 e. The summed E-state index contributed by atoms with van der Waals surface area (Å²) >= 11 is 13.9. The van der Waals surface area contributed by atoms with Gasteiger partial charge < -0.3 is 9.64 Å². The van der Waals surface area contributed by atoms with Gasteiger partial charge in [0.1, 0.15) is 0 Å². The second kappa shape index (κ2) is 8.05.